The second-order valence-electron chi connectivity index (χ2n) is 12.2. The zero-order valence-corrected chi connectivity index (χ0v) is 36.3. The van der Waals surface area contributed by atoms with E-state index in [4.69, 9.17) is 4.74 Å². The molecule has 1 heteroatoms. The molecule has 0 aromatic carbocycles. The molecule has 0 aliphatic heterocycles. The lowest BCUT2D eigenvalue weighted by atomic mass is 10.0. The van der Waals surface area contributed by atoms with Gasteiger partial charge in [-0.05, 0) is 12.8 Å². The Labute approximate surface area is 328 Å². The number of ether oxygens (including phenoxy) is 1. The van der Waals surface area contributed by atoms with Gasteiger partial charge in [0.25, 0.3) is 0 Å². The van der Waals surface area contributed by atoms with Crippen molar-refractivity contribution in [3.05, 3.63) is 92.1 Å². The monoisotopic (exact) mass is 719 g/mol. The standard InChI is InChI=1S/C36H74O.7C2H4/c1-3-5-7-9-11-13-15-17-19-21-23-25-27-29-31-33-35-37-36-34-32-30-28-26-24-22-20-18-16-14-12-10-8-6-4-2;7*1-2/h3-36H2,1-2H3;7*1-2H2. The first-order valence-corrected chi connectivity index (χ1v) is 21.5. The van der Waals surface area contributed by atoms with Crippen molar-refractivity contribution in [2.24, 2.45) is 0 Å². The highest BCUT2D eigenvalue weighted by atomic mass is 16.5. The van der Waals surface area contributed by atoms with Gasteiger partial charge >= 0.3 is 0 Å². The molecule has 308 valence electrons. The van der Waals surface area contributed by atoms with Crippen LogP contribution >= 0.6 is 0 Å². The maximum atomic E-state index is 5.87. The predicted molar refractivity (Wildman–Crippen MR) is 249 cm³/mol. The first kappa shape index (κ1) is 67.3. The van der Waals surface area contributed by atoms with Crippen LogP contribution in [0.2, 0.25) is 0 Å². The summed E-state index contributed by atoms with van der Waals surface area (Å²) >= 11 is 0. The minimum absolute atomic E-state index is 0.997. The van der Waals surface area contributed by atoms with E-state index in [2.05, 4.69) is 106 Å². The molecule has 0 radical (unpaired) electrons. The normalized spacial score (nSPS) is 8.90. The van der Waals surface area contributed by atoms with Gasteiger partial charge in [-0.15, -0.1) is 92.1 Å². The molecule has 0 amide bonds. The number of unbranched alkanes of at least 4 members (excludes halogenated alkanes) is 30. The van der Waals surface area contributed by atoms with Crippen LogP contribution in [0.3, 0.4) is 0 Å². The van der Waals surface area contributed by atoms with Crippen molar-refractivity contribution in [2.75, 3.05) is 13.2 Å². The van der Waals surface area contributed by atoms with E-state index in [0.717, 1.165) is 13.2 Å². The maximum absolute atomic E-state index is 5.87. The summed E-state index contributed by atoms with van der Waals surface area (Å²) in [6, 6.07) is 0. The highest BCUT2D eigenvalue weighted by Crippen LogP contribution is 2.15. The predicted octanol–water partition coefficient (Wildman–Crippen LogP) is 19.1. The first-order valence-electron chi connectivity index (χ1n) is 21.5. The van der Waals surface area contributed by atoms with Crippen molar-refractivity contribution in [1.29, 1.82) is 0 Å². The lowest BCUT2D eigenvalue weighted by molar-refractivity contribution is 0.125. The van der Waals surface area contributed by atoms with Gasteiger partial charge in [-0.3, -0.25) is 0 Å². The van der Waals surface area contributed by atoms with Gasteiger partial charge < -0.3 is 4.74 Å². The summed E-state index contributed by atoms with van der Waals surface area (Å²) in [5.74, 6) is 0. The molecule has 0 spiro atoms. The SMILES string of the molecule is C=C.C=C.C=C.C=C.C=C.C=C.C=C.CCCCCCCCCCCCCCCCCCOCCCCCCCCCCCCCCCCCC. The van der Waals surface area contributed by atoms with E-state index in [9.17, 15) is 0 Å². The minimum Gasteiger partial charge on any atom is -0.381 e. The Morgan fingerprint density at radius 2 is 0.314 bits per heavy atom. The summed E-state index contributed by atoms with van der Waals surface area (Å²) in [5.41, 5.74) is 0. The Morgan fingerprint density at radius 1 is 0.196 bits per heavy atom. The molecule has 0 rings (SSSR count). The average molecular weight is 719 g/mol. The largest absolute Gasteiger partial charge is 0.381 e. The summed E-state index contributed by atoms with van der Waals surface area (Å²) in [7, 11) is 0. The van der Waals surface area contributed by atoms with Gasteiger partial charge in [0.1, 0.15) is 0 Å². The molecular formula is C50H102O. The lowest BCUT2D eigenvalue weighted by Gasteiger charge is -2.06. The minimum atomic E-state index is 0.997. The average Bonchev–Trinajstić information content (AvgIpc) is 3.22. The molecule has 0 saturated carbocycles. The number of hydrogen-bond acceptors (Lipinski definition) is 1. The fourth-order valence-electron chi connectivity index (χ4n) is 5.61. The topological polar surface area (TPSA) is 9.23 Å². The molecule has 1 nitrogen and oxygen atoms in total. The van der Waals surface area contributed by atoms with Crippen molar-refractivity contribution in [3.8, 4) is 0 Å². The Bertz CT molecular complexity index is 406. The third-order valence-electron chi connectivity index (χ3n) is 8.28. The van der Waals surface area contributed by atoms with Gasteiger partial charge in [-0.2, -0.15) is 0 Å². The lowest BCUT2D eigenvalue weighted by Crippen LogP contribution is -1.97. The Hall–Kier alpha value is -1.86. The molecule has 0 aromatic rings. The van der Waals surface area contributed by atoms with E-state index < -0.39 is 0 Å². The number of hydrogen-bond donors (Lipinski definition) is 0. The zero-order valence-electron chi connectivity index (χ0n) is 36.3. The second kappa shape index (κ2) is 97.4. The van der Waals surface area contributed by atoms with Crippen molar-refractivity contribution in [2.45, 2.75) is 219 Å². The summed E-state index contributed by atoms with van der Waals surface area (Å²) in [6.07, 6.45) is 46.0. The zero-order chi connectivity index (χ0) is 40.7. The molecule has 51 heavy (non-hydrogen) atoms. The Balaban J connectivity index is -0.000000195. The quantitative estimate of drug-likeness (QED) is 0.0475. The van der Waals surface area contributed by atoms with Gasteiger partial charge in [0.15, 0.2) is 0 Å². The van der Waals surface area contributed by atoms with E-state index in [0.29, 0.717) is 0 Å². The van der Waals surface area contributed by atoms with Crippen LogP contribution in [-0.4, -0.2) is 13.2 Å². The van der Waals surface area contributed by atoms with Crippen LogP contribution in [0.15, 0.2) is 92.1 Å². The molecule has 0 atom stereocenters. The van der Waals surface area contributed by atoms with Crippen LogP contribution in [0.1, 0.15) is 219 Å². The maximum Gasteiger partial charge on any atom is 0.0466 e. The molecular weight excluding hydrogens is 617 g/mol. The molecule has 0 heterocycles. The summed E-state index contributed by atoms with van der Waals surface area (Å²) in [4.78, 5) is 0. The van der Waals surface area contributed by atoms with Gasteiger partial charge in [0.2, 0.25) is 0 Å². The molecule has 0 N–H and O–H groups in total. The van der Waals surface area contributed by atoms with Crippen LogP contribution in [0, 0.1) is 0 Å². The van der Waals surface area contributed by atoms with Crippen LogP contribution in [-0.2, 0) is 4.74 Å². The van der Waals surface area contributed by atoms with Crippen molar-refractivity contribution in [1.82, 2.24) is 0 Å². The summed E-state index contributed by atoms with van der Waals surface area (Å²) in [5, 5.41) is 0. The van der Waals surface area contributed by atoms with Gasteiger partial charge in [0.05, 0.1) is 0 Å². The molecule has 0 aliphatic carbocycles. The number of rotatable bonds is 34. The van der Waals surface area contributed by atoms with Crippen molar-refractivity contribution in [3.63, 3.8) is 0 Å². The fourth-order valence-corrected chi connectivity index (χ4v) is 5.61. The van der Waals surface area contributed by atoms with E-state index >= 15 is 0 Å². The van der Waals surface area contributed by atoms with Crippen molar-refractivity contribution < 1.29 is 4.74 Å². The second-order valence-corrected chi connectivity index (χ2v) is 12.2. The molecule has 0 aliphatic rings. The van der Waals surface area contributed by atoms with Crippen LogP contribution < -0.4 is 0 Å². The third kappa shape index (κ3) is 99.2. The summed E-state index contributed by atoms with van der Waals surface area (Å²) < 4.78 is 5.87. The molecule has 0 unspecified atom stereocenters. The highest BCUT2D eigenvalue weighted by Gasteiger charge is 1.97. The Kier molecular flexibility index (Phi) is 129. The van der Waals surface area contributed by atoms with E-state index in [1.54, 1.807) is 0 Å². The van der Waals surface area contributed by atoms with E-state index in [1.807, 2.05) is 0 Å². The van der Waals surface area contributed by atoms with Crippen LogP contribution in [0.4, 0.5) is 0 Å². The molecule has 0 saturated heterocycles. The van der Waals surface area contributed by atoms with Gasteiger partial charge in [-0.1, -0.05) is 206 Å². The Morgan fingerprint density at radius 3 is 0.451 bits per heavy atom. The van der Waals surface area contributed by atoms with Crippen molar-refractivity contribution >= 4 is 0 Å². The van der Waals surface area contributed by atoms with E-state index in [-0.39, 0.29) is 0 Å². The highest BCUT2D eigenvalue weighted by molar-refractivity contribution is 4.52. The van der Waals surface area contributed by atoms with E-state index in [1.165, 1.54) is 205 Å². The molecule has 0 bridgehead atoms. The first-order chi connectivity index (χ1) is 25.4. The van der Waals surface area contributed by atoms with Crippen LogP contribution in [0.25, 0.3) is 0 Å². The van der Waals surface area contributed by atoms with Gasteiger partial charge in [-0.25, -0.2) is 0 Å². The van der Waals surface area contributed by atoms with Gasteiger partial charge in [0, 0.05) is 13.2 Å². The molecule has 0 fully saturated rings. The third-order valence-corrected chi connectivity index (χ3v) is 8.28. The fraction of sp³-hybridized carbons (Fsp3) is 0.720. The summed E-state index contributed by atoms with van der Waals surface area (Å²) in [6.45, 7) is 48.6. The van der Waals surface area contributed by atoms with Crippen LogP contribution in [0.5, 0.6) is 0 Å². The smallest absolute Gasteiger partial charge is 0.0466 e. The molecule has 0 aromatic heterocycles.